The van der Waals surface area contributed by atoms with E-state index in [1.54, 1.807) is 6.07 Å². The molecule has 0 saturated carbocycles. The van der Waals surface area contributed by atoms with Crippen molar-refractivity contribution in [2.45, 2.75) is 0 Å². The van der Waals surface area contributed by atoms with Gasteiger partial charge in [0.05, 0.1) is 16.1 Å². The molecule has 0 fully saturated rings. The van der Waals surface area contributed by atoms with E-state index in [0.29, 0.717) is 0 Å². The van der Waals surface area contributed by atoms with Crippen molar-refractivity contribution >= 4 is 29.5 Å². The van der Waals surface area contributed by atoms with Gasteiger partial charge in [0.1, 0.15) is 5.84 Å². The van der Waals surface area contributed by atoms with Crippen molar-refractivity contribution in [2.75, 3.05) is 0 Å². The third-order valence-corrected chi connectivity index (χ3v) is 2.39. The van der Waals surface area contributed by atoms with Gasteiger partial charge in [-0.3, -0.25) is 14.9 Å². The second-order valence-corrected chi connectivity index (χ2v) is 3.65. The first kappa shape index (κ1) is 12.4. The van der Waals surface area contributed by atoms with E-state index < -0.39 is 10.8 Å². The van der Waals surface area contributed by atoms with Crippen LogP contribution in [0, 0.1) is 10.1 Å². The molecule has 0 aliphatic carbocycles. The molecule has 1 amide bonds. The maximum atomic E-state index is 11.6. The second-order valence-electron chi connectivity index (χ2n) is 3.65. The Labute approximate surface area is 107 Å². The molecule has 1 aromatic rings. The summed E-state index contributed by atoms with van der Waals surface area (Å²) in [6.07, 6.45) is 1.27. The molecule has 0 aromatic heterocycles. The van der Waals surface area contributed by atoms with Crippen LogP contribution in [0.2, 0.25) is 0 Å². The standard InChI is InChI=1S/C11H9N5O3/c12-9-7(10(17)15-11(13)14-9)5-6-3-1-2-4-8(6)16(18)19/h1-5H,(H4,12,13,14,15,17)/b7-5-. The Bertz CT molecular complexity index is 660. The van der Waals surface area contributed by atoms with Crippen LogP contribution in [0.15, 0.2) is 39.8 Å². The van der Waals surface area contributed by atoms with Gasteiger partial charge >= 0.3 is 0 Å². The Kier molecular flexibility index (Phi) is 3.06. The summed E-state index contributed by atoms with van der Waals surface area (Å²) in [4.78, 5) is 29.0. The highest BCUT2D eigenvalue weighted by Gasteiger charge is 2.20. The number of hydrogen-bond donors (Lipinski definition) is 2. The number of amidine groups is 1. The van der Waals surface area contributed by atoms with Gasteiger partial charge in [-0.25, -0.2) is 0 Å². The predicted octanol–water partition coefficient (Wildman–Crippen LogP) is 0.190. The zero-order valence-corrected chi connectivity index (χ0v) is 9.61. The van der Waals surface area contributed by atoms with Gasteiger partial charge < -0.3 is 11.5 Å². The number of guanidine groups is 1. The van der Waals surface area contributed by atoms with Gasteiger partial charge in [-0.2, -0.15) is 9.98 Å². The van der Waals surface area contributed by atoms with E-state index in [1.165, 1.54) is 24.3 Å². The zero-order chi connectivity index (χ0) is 14.0. The fraction of sp³-hybridized carbons (Fsp3) is 0. The minimum atomic E-state index is -0.678. The number of nitro benzene ring substituents is 1. The van der Waals surface area contributed by atoms with Gasteiger partial charge in [-0.15, -0.1) is 0 Å². The normalized spacial score (nSPS) is 17.1. The molecule has 0 unspecified atom stereocenters. The van der Waals surface area contributed by atoms with Crippen molar-refractivity contribution in [1.82, 2.24) is 0 Å². The molecule has 0 spiro atoms. The molecular weight excluding hydrogens is 250 g/mol. The lowest BCUT2D eigenvalue weighted by atomic mass is 10.1. The summed E-state index contributed by atoms with van der Waals surface area (Å²) in [6.45, 7) is 0. The van der Waals surface area contributed by atoms with Crippen LogP contribution >= 0.6 is 0 Å². The number of carbonyl (C=O) groups is 1. The predicted molar refractivity (Wildman–Crippen MR) is 69.3 cm³/mol. The number of hydrogen-bond acceptors (Lipinski definition) is 6. The Morgan fingerprint density at radius 1 is 1.21 bits per heavy atom. The Morgan fingerprint density at radius 3 is 2.53 bits per heavy atom. The van der Waals surface area contributed by atoms with Crippen LogP contribution in [0.4, 0.5) is 5.69 Å². The Morgan fingerprint density at radius 2 is 1.89 bits per heavy atom. The van der Waals surface area contributed by atoms with Crippen LogP contribution in [-0.4, -0.2) is 22.6 Å². The van der Waals surface area contributed by atoms with E-state index in [0.717, 1.165) is 0 Å². The van der Waals surface area contributed by atoms with Crippen LogP contribution in [0.25, 0.3) is 6.08 Å². The second kappa shape index (κ2) is 4.69. The molecule has 4 N–H and O–H groups in total. The van der Waals surface area contributed by atoms with E-state index in [4.69, 9.17) is 11.5 Å². The SMILES string of the molecule is NC1=NC(=O)/C(=C\c2ccccc2[N+](=O)[O-])C(N)=N1. The first-order chi connectivity index (χ1) is 8.99. The van der Waals surface area contributed by atoms with Crippen LogP contribution in [0.5, 0.6) is 0 Å². The molecule has 0 saturated heterocycles. The van der Waals surface area contributed by atoms with Crippen molar-refractivity contribution < 1.29 is 9.72 Å². The van der Waals surface area contributed by atoms with E-state index in [9.17, 15) is 14.9 Å². The van der Waals surface area contributed by atoms with Gasteiger partial charge in [0.2, 0.25) is 5.96 Å². The minimum absolute atomic E-state index is 0.0245. The van der Waals surface area contributed by atoms with Gasteiger partial charge in [0.15, 0.2) is 0 Å². The number of amides is 1. The van der Waals surface area contributed by atoms with Crippen molar-refractivity contribution in [1.29, 1.82) is 0 Å². The number of nitrogens with zero attached hydrogens (tertiary/aromatic N) is 3. The fourth-order valence-electron chi connectivity index (χ4n) is 1.55. The zero-order valence-electron chi connectivity index (χ0n) is 9.61. The third-order valence-electron chi connectivity index (χ3n) is 2.39. The molecule has 0 bridgehead atoms. The van der Waals surface area contributed by atoms with E-state index in [-0.39, 0.29) is 28.6 Å². The smallest absolute Gasteiger partial charge is 0.284 e. The summed E-state index contributed by atoms with van der Waals surface area (Å²) in [5.41, 5.74) is 10.9. The van der Waals surface area contributed by atoms with E-state index in [1.807, 2.05) is 0 Å². The summed E-state index contributed by atoms with van der Waals surface area (Å²) < 4.78 is 0. The molecule has 0 radical (unpaired) electrons. The summed E-state index contributed by atoms with van der Waals surface area (Å²) in [5, 5.41) is 10.9. The van der Waals surface area contributed by atoms with Crippen molar-refractivity contribution in [3.8, 4) is 0 Å². The molecular formula is C11H9N5O3. The molecule has 2 rings (SSSR count). The third kappa shape index (κ3) is 2.46. The molecule has 19 heavy (non-hydrogen) atoms. The lowest BCUT2D eigenvalue weighted by molar-refractivity contribution is -0.385. The number of nitro groups is 1. The molecule has 0 atom stereocenters. The topological polar surface area (TPSA) is 137 Å². The van der Waals surface area contributed by atoms with E-state index in [2.05, 4.69) is 9.98 Å². The Balaban J connectivity index is 2.51. The van der Waals surface area contributed by atoms with E-state index >= 15 is 0 Å². The monoisotopic (exact) mass is 259 g/mol. The average Bonchev–Trinajstić information content (AvgIpc) is 2.34. The molecule has 1 aliphatic heterocycles. The van der Waals surface area contributed by atoms with Crippen LogP contribution in [-0.2, 0) is 4.79 Å². The summed E-state index contributed by atoms with van der Waals surface area (Å²) in [7, 11) is 0. The first-order valence-corrected chi connectivity index (χ1v) is 5.17. The molecule has 1 heterocycles. The van der Waals surface area contributed by atoms with Crippen LogP contribution < -0.4 is 11.5 Å². The maximum Gasteiger partial charge on any atom is 0.284 e. The van der Waals surface area contributed by atoms with Gasteiger partial charge in [0, 0.05) is 6.07 Å². The molecule has 96 valence electrons. The van der Waals surface area contributed by atoms with Gasteiger partial charge in [-0.1, -0.05) is 12.1 Å². The molecule has 1 aliphatic rings. The number of rotatable bonds is 2. The van der Waals surface area contributed by atoms with Crippen molar-refractivity contribution in [2.24, 2.45) is 21.5 Å². The Hall–Kier alpha value is -3.03. The first-order valence-electron chi connectivity index (χ1n) is 5.17. The minimum Gasteiger partial charge on any atom is -0.383 e. The fourth-order valence-corrected chi connectivity index (χ4v) is 1.55. The number of carbonyl (C=O) groups excluding carboxylic acids is 1. The van der Waals surface area contributed by atoms with Crippen LogP contribution in [0.3, 0.4) is 0 Å². The molecule has 8 nitrogen and oxygen atoms in total. The largest absolute Gasteiger partial charge is 0.383 e. The van der Waals surface area contributed by atoms with Crippen LogP contribution in [0.1, 0.15) is 5.56 Å². The van der Waals surface area contributed by atoms with Crippen molar-refractivity contribution in [3.05, 3.63) is 45.5 Å². The highest BCUT2D eigenvalue weighted by atomic mass is 16.6. The maximum absolute atomic E-state index is 11.6. The average molecular weight is 259 g/mol. The van der Waals surface area contributed by atoms with Gasteiger partial charge in [0.25, 0.3) is 11.6 Å². The van der Waals surface area contributed by atoms with Crippen molar-refractivity contribution in [3.63, 3.8) is 0 Å². The summed E-state index contributed by atoms with van der Waals surface area (Å²) >= 11 is 0. The number of aliphatic imine (C=N–C) groups is 2. The number of nitrogens with two attached hydrogens (primary N) is 2. The summed E-state index contributed by atoms with van der Waals surface area (Å²) in [6, 6.07) is 5.95. The summed E-state index contributed by atoms with van der Waals surface area (Å²) in [5.74, 6) is -1.03. The lowest BCUT2D eigenvalue weighted by Crippen LogP contribution is -2.29. The number of benzene rings is 1. The quantitative estimate of drug-likeness (QED) is 0.443. The highest BCUT2D eigenvalue weighted by molar-refractivity contribution is 6.29. The number of para-hydroxylation sites is 1. The van der Waals surface area contributed by atoms with Gasteiger partial charge in [-0.05, 0) is 12.1 Å². The lowest BCUT2D eigenvalue weighted by Gasteiger charge is -2.08. The highest BCUT2D eigenvalue weighted by Crippen LogP contribution is 2.21. The molecule has 8 heteroatoms. The molecule has 1 aromatic carbocycles.